The number of carbonyl (C=O) groups is 2. The van der Waals surface area contributed by atoms with Crippen LogP contribution in [0.3, 0.4) is 0 Å². The molecule has 2 heterocycles. The molecule has 1 aromatic heterocycles. The molecule has 4 fully saturated rings. The summed E-state index contributed by atoms with van der Waals surface area (Å²) in [5.74, 6) is 2.01. The SMILES string of the molecule is COc1ccc(B2OC(C)(C)C(C)(C)O2)c(C[C@H]2CC(=O)[C@@H]3CC(=O)[C@@H]4CCCC[C@H]4[C@H]23)n1. The van der Waals surface area contributed by atoms with Crippen molar-refractivity contribution in [1.82, 2.24) is 4.98 Å². The Morgan fingerprint density at radius 2 is 1.67 bits per heavy atom. The van der Waals surface area contributed by atoms with Crippen molar-refractivity contribution in [3.63, 3.8) is 0 Å². The average molecular weight is 453 g/mol. The summed E-state index contributed by atoms with van der Waals surface area (Å²) in [4.78, 5) is 30.6. The molecule has 5 rings (SSSR count). The first kappa shape index (κ1) is 23.0. The Kier molecular flexibility index (Phi) is 5.72. The van der Waals surface area contributed by atoms with Gasteiger partial charge in [-0.2, -0.15) is 0 Å². The Morgan fingerprint density at radius 1 is 1.00 bits per heavy atom. The van der Waals surface area contributed by atoms with Crippen LogP contribution < -0.4 is 10.2 Å². The molecule has 0 unspecified atom stereocenters. The Labute approximate surface area is 197 Å². The molecule has 1 aromatic rings. The van der Waals surface area contributed by atoms with Crippen LogP contribution in [-0.2, 0) is 25.3 Å². The molecule has 0 spiro atoms. The van der Waals surface area contributed by atoms with E-state index in [9.17, 15) is 9.59 Å². The van der Waals surface area contributed by atoms with E-state index in [1.165, 1.54) is 0 Å². The second kappa shape index (κ2) is 8.19. The number of aromatic nitrogens is 1. The minimum absolute atomic E-state index is 0.104. The molecule has 4 aliphatic rings. The maximum absolute atomic E-state index is 13.0. The van der Waals surface area contributed by atoms with Crippen molar-refractivity contribution >= 4 is 24.1 Å². The Bertz CT molecular complexity index is 944. The first-order valence-electron chi connectivity index (χ1n) is 12.6. The van der Waals surface area contributed by atoms with Gasteiger partial charge < -0.3 is 14.0 Å². The number of pyridine rings is 1. The summed E-state index contributed by atoms with van der Waals surface area (Å²) in [7, 11) is 1.11. The van der Waals surface area contributed by atoms with Crippen LogP contribution in [0.2, 0.25) is 0 Å². The summed E-state index contributed by atoms with van der Waals surface area (Å²) < 4.78 is 18.1. The minimum Gasteiger partial charge on any atom is -0.481 e. The van der Waals surface area contributed by atoms with Crippen LogP contribution >= 0.6 is 0 Å². The van der Waals surface area contributed by atoms with Crippen molar-refractivity contribution in [3.05, 3.63) is 17.8 Å². The monoisotopic (exact) mass is 453 g/mol. The first-order chi connectivity index (χ1) is 15.6. The largest absolute Gasteiger partial charge is 0.496 e. The van der Waals surface area contributed by atoms with Crippen LogP contribution in [0.1, 0.15) is 71.9 Å². The molecule has 6 nitrogen and oxygen atoms in total. The van der Waals surface area contributed by atoms with Gasteiger partial charge in [0.05, 0.1) is 18.3 Å². The van der Waals surface area contributed by atoms with Gasteiger partial charge in [0.2, 0.25) is 5.88 Å². The Morgan fingerprint density at radius 3 is 2.36 bits per heavy atom. The van der Waals surface area contributed by atoms with Crippen molar-refractivity contribution in [2.75, 3.05) is 7.11 Å². The topological polar surface area (TPSA) is 74.7 Å². The number of nitrogens with zero attached hydrogens (tertiary/aromatic N) is 1. The van der Waals surface area contributed by atoms with Crippen LogP contribution in [0.4, 0.5) is 0 Å². The molecule has 178 valence electrons. The lowest BCUT2D eigenvalue weighted by atomic mass is 9.59. The number of rotatable bonds is 4. The van der Waals surface area contributed by atoms with E-state index in [0.717, 1.165) is 36.8 Å². The summed E-state index contributed by atoms with van der Waals surface area (Å²) in [6, 6.07) is 3.84. The van der Waals surface area contributed by atoms with Crippen LogP contribution in [0.15, 0.2) is 12.1 Å². The third-order valence-electron chi connectivity index (χ3n) is 9.19. The van der Waals surface area contributed by atoms with Gasteiger partial charge in [0, 0.05) is 35.8 Å². The molecule has 0 amide bonds. The van der Waals surface area contributed by atoms with Crippen LogP contribution in [-0.4, -0.2) is 42.0 Å². The number of Topliss-reactive ketones (excluding diaryl/α,β-unsaturated/α-hetero) is 2. The smallest absolute Gasteiger partial charge is 0.481 e. The zero-order valence-electron chi connectivity index (χ0n) is 20.6. The highest BCUT2D eigenvalue weighted by Gasteiger charge is 2.55. The third kappa shape index (κ3) is 3.85. The summed E-state index contributed by atoms with van der Waals surface area (Å²) in [5, 5.41) is 0. The Balaban J connectivity index is 1.46. The van der Waals surface area contributed by atoms with Crippen molar-refractivity contribution in [2.24, 2.45) is 29.6 Å². The molecule has 1 aliphatic heterocycles. The molecule has 33 heavy (non-hydrogen) atoms. The van der Waals surface area contributed by atoms with Gasteiger partial charge in [-0.15, -0.1) is 0 Å². The quantitative estimate of drug-likeness (QED) is 0.650. The third-order valence-corrected chi connectivity index (χ3v) is 9.19. The number of hydrogen-bond donors (Lipinski definition) is 0. The van der Waals surface area contributed by atoms with Gasteiger partial charge in [0.25, 0.3) is 0 Å². The number of carbonyl (C=O) groups excluding carboxylic acids is 2. The van der Waals surface area contributed by atoms with E-state index < -0.39 is 18.3 Å². The summed E-state index contributed by atoms with van der Waals surface area (Å²) in [5.41, 5.74) is 0.915. The zero-order chi connectivity index (χ0) is 23.5. The number of methoxy groups -OCH3 is 1. The maximum Gasteiger partial charge on any atom is 0.496 e. The fourth-order valence-electron chi connectivity index (χ4n) is 6.79. The standard InChI is InChI=1S/C26H36BNO5/c1-25(2)26(3,4)33-27(32-25)19-10-11-23(31-5)28-20(19)12-15-13-21(29)18-14-22(30)16-8-6-7-9-17(16)24(15)18/h10-11,15-18,24H,6-9,12-14H2,1-5H3/t15-,16+,17+,18-,24-/m0/s1. The zero-order valence-corrected chi connectivity index (χ0v) is 20.6. The van der Waals surface area contributed by atoms with Gasteiger partial charge in [-0.1, -0.05) is 18.9 Å². The van der Waals surface area contributed by atoms with Crippen LogP contribution in [0.5, 0.6) is 5.88 Å². The fourth-order valence-corrected chi connectivity index (χ4v) is 6.79. The molecule has 3 saturated carbocycles. The second-order valence-corrected chi connectivity index (χ2v) is 11.5. The second-order valence-electron chi connectivity index (χ2n) is 11.5. The normalized spacial score (nSPS) is 34.8. The minimum atomic E-state index is -0.508. The van der Waals surface area contributed by atoms with E-state index in [1.54, 1.807) is 7.11 Å². The summed E-state index contributed by atoms with van der Waals surface area (Å²) in [6.07, 6.45) is 6.01. The average Bonchev–Trinajstić information content (AvgIpc) is 3.19. The van der Waals surface area contributed by atoms with E-state index in [4.69, 9.17) is 19.0 Å². The van der Waals surface area contributed by atoms with Crippen LogP contribution in [0.25, 0.3) is 0 Å². The highest BCUT2D eigenvalue weighted by molar-refractivity contribution is 6.62. The molecular weight excluding hydrogens is 417 g/mol. The van der Waals surface area contributed by atoms with Gasteiger partial charge >= 0.3 is 7.12 Å². The molecule has 1 saturated heterocycles. The van der Waals surface area contributed by atoms with Crippen molar-refractivity contribution in [1.29, 1.82) is 0 Å². The maximum atomic E-state index is 13.0. The lowest BCUT2D eigenvalue weighted by molar-refractivity contribution is -0.137. The van der Waals surface area contributed by atoms with E-state index >= 15 is 0 Å². The van der Waals surface area contributed by atoms with Gasteiger partial charge in [-0.3, -0.25) is 9.59 Å². The van der Waals surface area contributed by atoms with E-state index in [0.29, 0.717) is 36.8 Å². The number of ketones is 2. The fraction of sp³-hybridized carbons (Fsp3) is 0.731. The molecule has 7 heteroatoms. The Hall–Kier alpha value is -1.73. The molecule has 0 aromatic carbocycles. The number of hydrogen-bond acceptors (Lipinski definition) is 6. The predicted molar refractivity (Wildman–Crippen MR) is 125 cm³/mol. The van der Waals surface area contributed by atoms with Crippen molar-refractivity contribution < 1.29 is 23.6 Å². The van der Waals surface area contributed by atoms with Gasteiger partial charge in [0.1, 0.15) is 11.6 Å². The summed E-state index contributed by atoms with van der Waals surface area (Å²) >= 11 is 0. The molecule has 0 bridgehead atoms. The number of fused-ring (bicyclic) bond motifs is 3. The highest BCUT2D eigenvalue weighted by Crippen LogP contribution is 2.53. The first-order valence-corrected chi connectivity index (χ1v) is 12.6. The van der Waals surface area contributed by atoms with Crippen molar-refractivity contribution in [3.8, 4) is 5.88 Å². The lowest BCUT2D eigenvalue weighted by Gasteiger charge is -2.43. The van der Waals surface area contributed by atoms with Crippen LogP contribution in [0, 0.1) is 29.6 Å². The van der Waals surface area contributed by atoms with Gasteiger partial charge in [-0.25, -0.2) is 4.98 Å². The molecule has 0 N–H and O–H groups in total. The van der Waals surface area contributed by atoms with Crippen molar-refractivity contribution in [2.45, 2.75) is 83.8 Å². The molecule has 0 radical (unpaired) electrons. The van der Waals surface area contributed by atoms with E-state index in [1.807, 2.05) is 39.8 Å². The van der Waals surface area contributed by atoms with Gasteiger partial charge in [-0.05, 0) is 70.8 Å². The molecular formula is C26H36BNO5. The molecule has 3 aliphatic carbocycles. The van der Waals surface area contributed by atoms with E-state index in [-0.39, 0.29) is 29.5 Å². The van der Waals surface area contributed by atoms with E-state index in [2.05, 4.69) is 0 Å². The lowest BCUT2D eigenvalue weighted by Crippen LogP contribution is -2.44. The van der Waals surface area contributed by atoms with Gasteiger partial charge in [0.15, 0.2) is 0 Å². The number of ether oxygens (including phenoxy) is 1. The highest BCUT2D eigenvalue weighted by atomic mass is 16.7. The predicted octanol–water partition coefficient (Wildman–Crippen LogP) is 3.53. The summed E-state index contributed by atoms with van der Waals surface area (Å²) in [6.45, 7) is 8.19. The molecule has 5 atom stereocenters.